The largest absolute Gasteiger partial charge is 0.420 e. The van der Waals surface area contributed by atoms with E-state index in [1.165, 1.54) is 16.8 Å². The Morgan fingerprint density at radius 2 is 1.74 bits per heavy atom. The predicted octanol–water partition coefficient (Wildman–Crippen LogP) is 2.38. The maximum Gasteiger partial charge on any atom is 0.420 e. The van der Waals surface area contributed by atoms with Crippen molar-refractivity contribution in [3.8, 4) is 0 Å². The van der Waals surface area contributed by atoms with Crippen molar-refractivity contribution in [3.63, 3.8) is 0 Å². The van der Waals surface area contributed by atoms with E-state index >= 15 is 0 Å². The number of rotatable bonds is 6. The molecule has 34 heavy (non-hydrogen) atoms. The number of amides is 3. The Morgan fingerprint density at radius 1 is 1.09 bits per heavy atom. The van der Waals surface area contributed by atoms with Crippen molar-refractivity contribution in [1.29, 1.82) is 0 Å². The van der Waals surface area contributed by atoms with Crippen LogP contribution in [0.2, 0.25) is 0 Å². The number of primary amides is 1. The number of nitrogens with two attached hydrogens (primary N) is 1. The van der Waals surface area contributed by atoms with Gasteiger partial charge in [0.2, 0.25) is 5.54 Å². The molecule has 0 radical (unpaired) electrons. The van der Waals surface area contributed by atoms with Crippen molar-refractivity contribution in [1.82, 2.24) is 9.88 Å². The molecular weight excluding hydrogens is 467 g/mol. The Balaban J connectivity index is 1.96. The number of ketones is 1. The molecule has 3 rings (SSSR count). The summed E-state index contributed by atoms with van der Waals surface area (Å²) < 4.78 is 67.9. The van der Waals surface area contributed by atoms with Crippen molar-refractivity contribution in [2.24, 2.45) is 5.73 Å². The van der Waals surface area contributed by atoms with Crippen LogP contribution in [0.25, 0.3) is 0 Å². The van der Waals surface area contributed by atoms with Crippen LogP contribution in [0.5, 0.6) is 0 Å². The summed E-state index contributed by atoms with van der Waals surface area (Å²) in [6.07, 6.45) is -4.48. The molecule has 1 aromatic carbocycles. The van der Waals surface area contributed by atoms with E-state index < -0.39 is 46.9 Å². The highest BCUT2D eigenvalue weighted by atomic mass is 19.4. The molecule has 0 aliphatic carbocycles. The van der Waals surface area contributed by atoms with Crippen molar-refractivity contribution in [2.75, 3.05) is 5.32 Å². The Hall–Kier alpha value is -3.77. The van der Waals surface area contributed by atoms with E-state index in [1.807, 2.05) is 0 Å². The summed E-state index contributed by atoms with van der Waals surface area (Å²) in [6.45, 7) is 1.86. The third-order valence-corrected chi connectivity index (χ3v) is 5.66. The van der Waals surface area contributed by atoms with E-state index in [1.54, 1.807) is 0 Å². The van der Waals surface area contributed by atoms with Gasteiger partial charge in [-0.3, -0.25) is 19.2 Å². The summed E-state index contributed by atoms with van der Waals surface area (Å²) in [5.74, 6) is -8.16. The van der Waals surface area contributed by atoms with Crippen molar-refractivity contribution >= 4 is 29.2 Å². The number of anilines is 1. The monoisotopic (exact) mass is 486 g/mol. The quantitative estimate of drug-likeness (QED) is 0.330. The number of hydrogen-bond acceptors (Lipinski definition) is 4. The third kappa shape index (κ3) is 4.13. The van der Waals surface area contributed by atoms with Crippen LogP contribution in [0.1, 0.15) is 45.4 Å². The second kappa shape index (κ2) is 8.54. The minimum atomic E-state index is -5.28. The Bertz CT molecular complexity index is 1220. The average Bonchev–Trinajstić information content (AvgIpc) is 3.28. The first-order chi connectivity index (χ1) is 15.7. The summed E-state index contributed by atoms with van der Waals surface area (Å²) in [5.41, 5.74) is 1.24. The topological polar surface area (TPSA) is 123 Å². The highest BCUT2D eigenvalue weighted by molar-refractivity contribution is 6.43. The minimum Gasteiger partial charge on any atom is -0.367 e. The van der Waals surface area contributed by atoms with Gasteiger partial charge in [-0.1, -0.05) is 0 Å². The summed E-state index contributed by atoms with van der Waals surface area (Å²) >= 11 is 0. The molecule has 1 atom stereocenters. The lowest BCUT2D eigenvalue weighted by Gasteiger charge is -2.29. The van der Waals surface area contributed by atoms with Gasteiger partial charge in [-0.05, 0) is 44.4 Å². The van der Waals surface area contributed by atoms with Crippen LogP contribution < -0.4 is 16.4 Å². The number of carbonyl (C=O) groups excluding carboxylic acids is 4. The fourth-order valence-corrected chi connectivity index (χ4v) is 3.74. The van der Waals surface area contributed by atoms with Crippen LogP contribution in [0.3, 0.4) is 0 Å². The highest BCUT2D eigenvalue weighted by Crippen LogP contribution is 2.32. The molecule has 0 saturated carbocycles. The lowest BCUT2D eigenvalue weighted by atomic mass is 9.99. The first-order valence-electron chi connectivity index (χ1n) is 9.91. The van der Waals surface area contributed by atoms with E-state index in [2.05, 4.69) is 5.32 Å². The lowest BCUT2D eigenvalue weighted by molar-refractivity contribution is -0.194. The number of nitrogens with zero attached hydrogens (tertiary/aromatic N) is 1. The van der Waals surface area contributed by atoms with Gasteiger partial charge in [0.25, 0.3) is 23.5 Å². The molecule has 1 aliphatic rings. The molecule has 8 nitrogen and oxygen atoms in total. The number of halogens is 5. The van der Waals surface area contributed by atoms with Crippen LogP contribution in [0.4, 0.5) is 27.6 Å². The van der Waals surface area contributed by atoms with Crippen molar-refractivity contribution < 1.29 is 41.1 Å². The number of alkyl halides is 3. The maximum absolute atomic E-state index is 13.5. The number of benzene rings is 1. The van der Waals surface area contributed by atoms with Crippen LogP contribution in [-0.4, -0.2) is 39.8 Å². The molecule has 0 saturated heterocycles. The minimum absolute atomic E-state index is 0.00252. The number of nitrogens with one attached hydrogen (secondary N) is 2. The Labute approximate surface area is 189 Å². The zero-order chi connectivity index (χ0) is 25.6. The van der Waals surface area contributed by atoms with E-state index in [4.69, 9.17) is 5.73 Å². The van der Waals surface area contributed by atoms with Crippen LogP contribution in [0, 0.1) is 18.6 Å². The summed E-state index contributed by atoms with van der Waals surface area (Å²) in [4.78, 5) is 49.6. The van der Waals surface area contributed by atoms with Gasteiger partial charge < -0.3 is 20.9 Å². The zero-order valence-electron chi connectivity index (χ0n) is 17.9. The van der Waals surface area contributed by atoms with E-state index in [9.17, 15) is 41.1 Å². The predicted molar refractivity (Wildman–Crippen MR) is 108 cm³/mol. The molecule has 1 aromatic heterocycles. The summed E-state index contributed by atoms with van der Waals surface area (Å²) in [6, 6.07) is 2.67. The molecule has 13 heteroatoms. The number of Topliss-reactive ketones (excluding diaryl/α,β-unsaturated/α-hetero) is 1. The fourth-order valence-electron chi connectivity index (χ4n) is 3.74. The first kappa shape index (κ1) is 24.9. The fraction of sp³-hybridized carbons (Fsp3) is 0.333. The molecule has 2 heterocycles. The van der Waals surface area contributed by atoms with Gasteiger partial charge in [-0.25, -0.2) is 8.78 Å². The number of hydrogen-bond donors (Lipinski definition) is 3. The van der Waals surface area contributed by atoms with E-state index in [0.29, 0.717) is 25.5 Å². The number of carbonyl (C=O) groups is 4. The van der Waals surface area contributed by atoms with Crippen molar-refractivity contribution in [2.45, 2.75) is 44.9 Å². The van der Waals surface area contributed by atoms with Gasteiger partial charge in [0.1, 0.15) is 0 Å². The summed E-state index contributed by atoms with van der Waals surface area (Å²) in [5, 5.41) is 3.73. The zero-order valence-corrected chi connectivity index (χ0v) is 17.9. The van der Waals surface area contributed by atoms with Gasteiger partial charge in [0.05, 0.1) is 11.3 Å². The average molecular weight is 486 g/mol. The van der Waals surface area contributed by atoms with Gasteiger partial charge in [0.15, 0.2) is 11.6 Å². The van der Waals surface area contributed by atoms with Gasteiger partial charge >= 0.3 is 6.18 Å². The molecule has 1 aliphatic heterocycles. The number of fused-ring (bicyclic) bond motifs is 1. The highest BCUT2D eigenvalue weighted by Gasteiger charge is 2.57. The van der Waals surface area contributed by atoms with Crippen LogP contribution >= 0.6 is 0 Å². The molecule has 182 valence electrons. The second-order valence-corrected chi connectivity index (χ2v) is 7.90. The smallest absolute Gasteiger partial charge is 0.367 e. The molecule has 0 bridgehead atoms. The third-order valence-electron chi connectivity index (χ3n) is 5.66. The molecule has 0 spiro atoms. The van der Waals surface area contributed by atoms with Crippen LogP contribution in [-0.2, 0) is 22.6 Å². The van der Waals surface area contributed by atoms with E-state index in [0.717, 1.165) is 18.2 Å². The van der Waals surface area contributed by atoms with Gasteiger partial charge in [-0.2, -0.15) is 13.2 Å². The molecule has 2 aromatic rings. The normalized spacial score (nSPS) is 14.8. The molecule has 3 amide bonds. The summed E-state index contributed by atoms with van der Waals surface area (Å²) in [7, 11) is 0. The van der Waals surface area contributed by atoms with Crippen LogP contribution in [0.15, 0.2) is 18.2 Å². The molecular formula is C21H19F5N4O4. The van der Waals surface area contributed by atoms with Crippen molar-refractivity contribution in [3.05, 3.63) is 52.3 Å². The maximum atomic E-state index is 13.5. The molecule has 4 N–H and O–H groups in total. The Kier molecular flexibility index (Phi) is 6.24. The Morgan fingerprint density at radius 3 is 2.29 bits per heavy atom. The standard InChI is InChI=1S/C21H19F5N4O4/c1-9-14(17(32)28-10-5-6-11(22)12(23)8-10)13-4-3-7-30(13)15(9)16(31)18(33)29-20(2,19(27)34)21(24,25)26/h5-6,8H,3-4,7H2,1-2H3,(H2,27,34)(H,28,32)(H,29,33). The van der Waals surface area contributed by atoms with E-state index in [-0.39, 0.29) is 29.1 Å². The first-order valence-corrected chi connectivity index (χ1v) is 9.91. The molecule has 0 fully saturated rings. The molecule has 1 unspecified atom stereocenters. The second-order valence-electron chi connectivity index (χ2n) is 7.90. The SMILES string of the molecule is Cc1c(C(=O)Nc2ccc(F)c(F)c2)c2n(c1C(=O)C(=O)NC(C)(C(N)=O)C(F)(F)F)CCC2. The number of aromatic nitrogens is 1. The lowest BCUT2D eigenvalue weighted by Crippen LogP contribution is -2.65. The van der Waals surface area contributed by atoms with Gasteiger partial charge in [0, 0.05) is 24.0 Å². The van der Waals surface area contributed by atoms with Gasteiger partial charge in [-0.15, -0.1) is 0 Å².